The van der Waals surface area contributed by atoms with Crippen LogP contribution in [0.1, 0.15) is 21.5 Å². The van der Waals surface area contributed by atoms with Crippen molar-refractivity contribution in [2.45, 2.75) is 23.3 Å². The van der Waals surface area contributed by atoms with Gasteiger partial charge in [-0.15, -0.1) is 11.8 Å². The number of carbonyl (C=O) groups is 1. The van der Waals surface area contributed by atoms with Gasteiger partial charge >= 0.3 is 0 Å². The molecule has 0 saturated carbocycles. The zero-order chi connectivity index (χ0) is 17.9. The summed E-state index contributed by atoms with van der Waals surface area (Å²) in [5.41, 5.74) is 6.96. The molecule has 0 aliphatic carbocycles. The normalized spacial score (nSPS) is 11.3. The molecule has 0 aromatic heterocycles. The van der Waals surface area contributed by atoms with Gasteiger partial charge in [0.25, 0.3) is 0 Å². The van der Waals surface area contributed by atoms with Gasteiger partial charge in [0.05, 0.1) is 4.90 Å². The van der Waals surface area contributed by atoms with Crippen molar-refractivity contribution in [3.05, 3.63) is 53.1 Å². The summed E-state index contributed by atoms with van der Waals surface area (Å²) >= 11 is 1.64. The summed E-state index contributed by atoms with van der Waals surface area (Å²) in [5.74, 6) is -0.0933. The fraction of sp³-hybridized carbons (Fsp3) is 0.188. The first-order valence-corrected chi connectivity index (χ1v) is 9.72. The Morgan fingerprint density at radius 1 is 1.21 bits per heavy atom. The Labute approximate surface area is 145 Å². The predicted molar refractivity (Wildman–Crippen MR) is 93.6 cm³/mol. The quantitative estimate of drug-likeness (QED) is 0.760. The molecule has 1 amide bonds. The zero-order valence-electron chi connectivity index (χ0n) is 13.3. The molecule has 0 unspecified atom stereocenters. The lowest BCUT2D eigenvalue weighted by atomic mass is 10.1. The summed E-state index contributed by atoms with van der Waals surface area (Å²) in [6.07, 6.45) is 2.00. The van der Waals surface area contributed by atoms with Crippen molar-refractivity contribution < 1.29 is 17.9 Å². The molecule has 0 atom stereocenters. The second kappa shape index (κ2) is 7.25. The number of nitrogens with two attached hydrogens (primary N) is 2. The molecule has 8 heteroatoms. The first kappa shape index (κ1) is 18.3. The summed E-state index contributed by atoms with van der Waals surface area (Å²) in [7, 11) is -3.91. The largest absolute Gasteiger partial charge is 0.489 e. The molecular formula is C16H18N2O4S2. The Hall–Kier alpha value is -2.03. The minimum atomic E-state index is -3.91. The van der Waals surface area contributed by atoms with Crippen molar-refractivity contribution in [2.24, 2.45) is 10.9 Å². The molecule has 2 aromatic carbocycles. The van der Waals surface area contributed by atoms with Crippen LogP contribution in [0.25, 0.3) is 0 Å². The summed E-state index contributed by atoms with van der Waals surface area (Å²) in [6.45, 7) is 2.07. The number of rotatable bonds is 6. The van der Waals surface area contributed by atoms with Crippen molar-refractivity contribution in [1.29, 1.82) is 0 Å². The van der Waals surface area contributed by atoms with Crippen LogP contribution < -0.4 is 15.6 Å². The molecule has 0 aliphatic rings. The molecule has 24 heavy (non-hydrogen) atoms. The number of hydrogen-bond donors (Lipinski definition) is 2. The highest BCUT2D eigenvalue weighted by Gasteiger charge is 2.15. The third-order valence-electron chi connectivity index (χ3n) is 3.44. The Bertz CT molecular complexity index is 880. The van der Waals surface area contributed by atoms with Gasteiger partial charge in [-0.3, -0.25) is 4.79 Å². The van der Waals surface area contributed by atoms with Gasteiger partial charge in [0.2, 0.25) is 15.9 Å². The summed E-state index contributed by atoms with van der Waals surface area (Å²) in [5, 5.41) is 5.07. The Kier molecular flexibility index (Phi) is 5.53. The number of carbonyl (C=O) groups excluding carboxylic acids is 1. The number of benzene rings is 2. The van der Waals surface area contributed by atoms with Crippen molar-refractivity contribution in [2.75, 3.05) is 6.26 Å². The summed E-state index contributed by atoms with van der Waals surface area (Å²) in [4.78, 5) is 12.6. The van der Waals surface area contributed by atoms with Crippen LogP contribution in [0, 0.1) is 6.92 Å². The SMILES string of the molecule is CSc1ccc(OCc2ccc(S(N)(=O)=O)cc2C(N)=O)cc1C. The highest BCUT2D eigenvalue weighted by molar-refractivity contribution is 7.98. The topological polar surface area (TPSA) is 112 Å². The van der Waals surface area contributed by atoms with Gasteiger partial charge in [0, 0.05) is 16.0 Å². The summed E-state index contributed by atoms with van der Waals surface area (Å²) < 4.78 is 28.5. The molecule has 0 radical (unpaired) electrons. The lowest BCUT2D eigenvalue weighted by molar-refractivity contribution is 0.0997. The van der Waals surface area contributed by atoms with E-state index < -0.39 is 15.9 Å². The van der Waals surface area contributed by atoms with Crippen molar-refractivity contribution in [3.63, 3.8) is 0 Å². The monoisotopic (exact) mass is 366 g/mol. The van der Waals surface area contributed by atoms with E-state index in [9.17, 15) is 13.2 Å². The predicted octanol–water partition coefficient (Wildman–Crippen LogP) is 2.04. The van der Waals surface area contributed by atoms with Crippen LogP contribution in [0.3, 0.4) is 0 Å². The molecule has 2 aromatic rings. The number of ether oxygens (including phenoxy) is 1. The lowest BCUT2D eigenvalue weighted by Gasteiger charge is -2.12. The van der Waals surface area contributed by atoms with E-state index in [1.807, 2.05) is 31.4 Å². The van der Waals surface area contributed by atoms with Crippen LogP contribution in [0.2, 0.25) is 0 Å². The maximum Gasteiger partial charge on any atom is 0.249 e. The van der Waals surface area contributed by atoms with Gasteiger partial charge in [0.15, 0.2) is 0 Å². The van der Waals surface area contributed by atoms with Gasteiger partial charge in [-0.2, -0.15) is 0 Å². The Morgan fingerprint density at radius 3 is 2.46 bits per heavy atom. The number of amides is 1. The number of primary sulfonamides is 1. The van der Waals surface area contributed by atoms with Crippen LogP contribution >= 0.6 is 11.8 Å². The molecular weight excluding hydrogens is 348 g/mol. The van der Waals surface area contributed by atoms with Crippen LogP contribution in [0.15, 0.2) is 46.2 Å². The zero-order valence-corrected chi connectivity index (χ0v) is 14.9. The van der Waals surface area contributed by atoms with Crippen LogP contribution in [0.5, 0.6) is 5.75 Å². The van der Waals surface area contributed by atoms with E-state index in [1.165, 1.54) is 18.2 Å². The molecule has 2 rings (SSSR count). The average Bonchev–Trinajstić information content (AvgIpc) is 2.51. The van der Waals surface area contributed by atoms with Crippen LogP contribution in [-0.2, 0) is 16.6 Å². The molecule has 0 aliphatic heterocycles. The van der Waals surface area contributed by atoms with Crippen molar-refractivity contribution >= 4 is 27.7 Å². The van der Waals surface area contributed by atoms with E-state index in [0.29, 0.717) is 11.3 Å². The average molecular weight is 366 g/mol. The highest BCUT2D eigenvalue weighted by atomic mass is 32.2. The van der Waals surface area contributed by atoms with Gasteiger partial charge in [-0.25, -0.2) is 13.6 Å². The minimum absolute atomic E-state index is 0.0685. The number of sulfonamides is 1. The summed E-state index contributed by atoms with van der Waals surface area (Å²) in [6, 6.07) is 9.65. The van der Waals surface area contributed by atoms with Crippen LogP contribution in [0.4, 0.5) is 0 Å². The van der Waals surface area contributed by atoms with Gasteiger partial charge < -0.3 is 10.5 Å². The third-order valence-corrected chi connectivity index (χ3v) is 5.24. The van der Waals surface area contributed by atoms with Crippen molar-refractivity contribution in [3.8, 4) is 5.75 Å². The smallest absolute Gasteiger partial charge is 0.249 e. The molecule has 0 heterocycles. The molecule has 6 nitrogen and oxygen atoms in total. The van der Waals surface area contributed by atoms with E-state index in [0.717, 1.165) is 10.5 Å². The molecule has 0 spiro atoms. The first-order valence-electron chi connectivity index (χ1n) is 6.95. The van der Waals surface area contributed by atoms with E-state index in [1.54, 1.807) is 11.8 Å². The molecule has 4 N–H and O–H groups in total. The van der Waals surface area contributed by atoms with Gasteiger partial charge in [-0.05, 0) is 49.1 Å². The van der Waals surface area contributed by atoms with E-state index in [2.05, 4.69) is 0 Å². The van der Waals surface area contributed by atoms with E-state index >= 15 is 0 Å². The van der Waals surface area contributed by atoms with Gasteiger partial charge in [0.1, 0.15) is 12.4 Å². The number of hydrogen-bond acceptors (Lipinski definition) is 5. The molecule has 0 bridgehead atoms. The Morgan fingerprint density at radius 2 is 1.92 bits per heavy atom. The number of thioether (sulfide) groups is 1. The fourth-order valence-electron chi connectivity index (χ4n) is 2.19. The number of aryl methyl sites for hydroxylation is 1. The lowest BCUT2D eigenvalue weighted by Crippen LogP contribution is -2.18. The standard InChI is InChI=1S/C16H18N2O4S2/c1-10-7-12(4-6-15(10)23-2)22-9-11-3-5-13(24(18,20)21)8-14(11)16(17)19/h3-8H,9H2,1-2H3,(H2,17,19)(H2,18,20,21). The third kappa shape index (κ3) is 4.28. The van der Waals surface area contributed by atoms with E-state index in [-0.39, 0.29) is 17.1 Å². The maximum absolute atomic E-state index is 11.6. The highest BCUT2D eigenvalue weighted by Crippen LogP contribution is 2.25. The van der Waals surface area contributed by atoms with E-state index in [4.69, 9.17) is 15.6 Å². The molecule has 128 valence electrons. The van der Waals surface area contributed by atoms with Gasteiger partial charge in [-0.1, -0.05) is 6.07 Å². The van der Waals surface area contributed by atoms with Crippen molar-refractivity contribution in [1.82, 2.24) is 0 Å². The second-order valence-corrected chi connectivity index (χ2v) is 7.56. The van der Waals surface area contributed by atoms with Crippen LogP contribution in [-0.4, -0.2) is 20.6 Å². The first-order chi connectivity index (χ1) is 11.2. The maximum atomic E-state index is 11.6. The second-order valence-electron chi connectivity index (χ2n) is 5.15. The minimum Gasteiger partial charge on any atom is -0.489 e. The fourth-order valence-corrected chi connectivity index (χ4v) is 3.31. The molecule has 0 saturated heterocycles. The Balaban J connectivity index is 2.26. The molecule has 0 fully saturated rings. The number of primary amides is 1.